The summed E-state index contributed by atoms with van der Waals surface area (Å²) >= 11 is 1.44. The lowest BCUT2D eigenvalue weighted by molar-refractivity contribution is 0.103. The molecule has 0 aliphatic rings. The Balaban J connectivity index is 2.34. The summed E-state index contributed by atoms with van der Waals surface area (Å²) in [7, 11) is 0. The van der Waals surface area contributed by atoms with E-state index >= 15 is 0 Å². The van der Waals surface area contributed by atoms with Crippen molar-refractivity contribution in [2.45, 2.75) is 13.3 Å². The molecule has 1 aromatic carbocycles. The van der Waals surface area contributed by atoms with Crippen LogP contribution < -0.4 is 0 Å². The van der Waals surface area contributed by atoms with Crippen LogP contribution in [0.2, 0.25) is 0 Å². The van der Waals surface area contributed by atoms with Gasteiger partial charge in [-0.25, -0.2) is 4.98 Å². The lowest BCUT2D eigenvalue weighted by Crippen LogP contribution is -2.01. The van der Waals surface area contributed by atoms with E-state index in [2.05, 4.69) is 11.9 Å². The molecule has 1 heterocycles. The molecule has 0 atom stereocenters. The van der Waals surface area contributed by atoms with Gasteiger partial charge < -0.3 is 0 Å². The molecule has 0 bridgehead atoms. The van der Waals surface area contributed by atoms with Gasteiger partial charge in [0.05, 0.1) is 5.51 Å². The predicted octanol–water partition coefficient (Wildman–Crippen LogP) is 2.94. The van der Waals surface area contributed by atoms with Gasteiger partial charge in [0.2, 0.25) is 5.78 Å². The van der Waals surface area contributed by atoms with Crippen LogP contribution in [-0.4, -0.2) is 10.8 Å². The molecule has 15 heavy (non-hydrogen) atoms. The first-order chi connectivity index (χ1) is 7.31. The molecule has 0 spiro atoms. The zero-order valence-corrected chi connectivity index (χ0v) is 9.25. The summed E-state index contributed by atoms with van der Waals surface area (Å²) in [5.41, 5.74) is 4.11. The number of carbonyl (C=O) groups excluding carboxylic acids is 1. The number of hydrogen-bond donors (Lipinski definition) is 0. The monoisotopic (exact) mass is 217 g/mol. The highest BCUT2D eigenvalue weighted by Crippen LogP contribution is 2.12. The fourth-order valence-electron chi connectivity index (χ4n) is 1.41. The second kappa shape index (κ2) is 4.36. The van der Waals surface area contributed by atoms with E-state index in [1.54, 1.807) is 10.9 Å². The molecular weight excluding hydrogens is 206 g/mol. The number of hydrogen-bond acceptors (Lipinski definition) is 3. The topological polar surface area (TPSA) is 30.0 Å². The van der Waals surface area contributed by atoms with Gasteiger partial charge >= 0.3 is 0 Å². The Morgan fingerprint density at radius 1 is 1.47 bits per heavy atom. The average molecular weight is 217 g/mol. The van der Waals surface area contributed by atoms with E-state index in [1.807, 2.05) is 24.3 Å². The smallest absolute Gasteiger partial charge is 0.212 e. The van der Waals surface area contributed by atoms with Crippen molar-refractivity contribution in [1.29, 1.82) is 0 Å². The van der Waals surface area contributed by atoms with Crippen LogP contribution in [-0.2, 0) is 6.42 Å². The van der Waals surface area contributed by atoms with Gasteiger partial charge in [-0.15, -0.1) is 11.3 Å². The maximum Gasteiger partial charge on any atom is 0.212 e. The summed E-state index contributed by atoms with van der Waals surface area (Å²) in [5.74, 6) is 0.00606. The highest BCUT2D eigenvalue weighted by Gasteiger charge is 2.10. The number of benzene rings is 1. The summed E-state index contributed by atoms with van der Waals surface area (Å²) in [6.07, 6.45) is 0.943. The molecule has 0 unspecified atom stereocenters. The largest absolute Gasteiger partial charge is 0.287 e. The Labute approximate surface area is 92.6 Å². The van der Waals surface area contributed by atoms with Gasteiger partial charge in [-0.05, 0) is 18.1 Å². The third-order valence-corrected chi connectivity index (χ3v) is 2.85. The van der Waals surface area contributed by atoms with Crippen molar-refractivity contribution >= 4 is 17.1 Å². The quantitative estimate of drug-likeness (QED) is 0.740. The van der Waals surface area contributed by atoms with Crippen LogP contribution in [0.4, 0.5) is 0 Å². The van der Waals surface area contributed by atoms with E-state index in [0.717, 1.165) is 12.0 Å². The first-order valence-electron chi connectivity index (χ1n) is 4.83. The summed E-state index contributed by atoms with van der Waals surface area (Å²) in [6, 6.07) is 7.71. The molecule has 0 aliphatic heterocycles. The van der Waals surface area contributed by atoms with Gasteiger partial charge in [-0.1, -0.05) is 25.1 Å². The standard InChI is InChI=1S/C12H11NOS/c1-2-9-4-3-5-10(6-9)12(14)11-7-15-8-13-11/h3-8H,2H2,1H3. The molecule has 2 nitrogen and oxygen atoms in total. The SMILES string of the molecule is CCc1cccc(C(=O)c2cscn2)c1. The van der Waals surface area contributed by atoms with Crippen LogP contribution in [0.25, 0.3) is 0 Å². The van der Waals surface area contributed by atoms with E-state index in [9.17, 15) is 4.79 Å². The predicted molar refractivity (Wildman–Crippen MR) is 61.4 cm³/mol. The van der Waals surface area contributed by atoms with Gasteiger partial charge in [-0.2, -0.15) is 0 Å². The number of ketones is 1. The van der Waals surface area contributed by atoms with Crippen molar-refractivity contribution in [2.24, 2.45) is 0 Å². The Bertz CT molecular complexity index is 462. The first-order valence-corrected chi connectivity index (χ1v) is 5.77. The van der Waals surface area contributed by atoms with E-state index in [1.165, 1.54) is 16.9 Å². The first kappa shape index (κ1) is 10.1. The maximum atomic E-state index is 11.9. The second-order valence-corrected chi connectivity index (χ2v) is 3.98. The summed E-state index contributed by atoms with van der Waals surface area (Å²) in [5, 5.41) is 1.78. The molecular formula is C12H11NOS. The maximum absolute atomic E-state index is 11.9. The van der Waals surface area contributed by atoms with Gasteiger partial charge in [0, 0.05) is 10.9 Å². The average Bonchev–Trinajstić information content (AvgIpc) is 2.81. The summed E-state index contributed by atoms with van der Waals surface area (Å²) in [4.78, 5) is 15.9. The Morgan fingerprint density at radius 2 is 2.33 bits per heavy atom. The van der Waals surface area contributed by atoms with Crippen LogP contribution in [0.3, 0.4) is 0 Å². The molecule has 2 aromatic rings. The van der Waals surface area contributed by atoms with Gasteiger partial charge in [0.15, 0.2) is 0 Å². The van der Waals surface area contributed by atoms with Crippen molar-refractivity contribution in [2.75, 3.05) is 0 Å². The lowest BCUT2D eigenvalue weighted by Gasteiger charge is -2.00. The normalized spacial score (nSPS) is 10.2. The molecule has 2 rings (SSSR count). The zero-order chi connectivity index (χ0) is 10.7. The van der Waals surface area contributed by atoms with E-state index in [4.69, 9.17) is 0 Å². The van der Waals surface area contributed by atoms with Crippen molar-refractivity contribution in [1.82, 2.24) is 4.98 Å². The van der Waals surface area contributed by atoms with E-state index < -0.39 is 0 Å². The Kier molecular flexibility index (Phi) is 2.92. The number of thiazole rings is 1. The Hall–Kier alpha value is -1.48. The summed E-state index contributed by atoms with van der Waals surface area (Å²) < 4.78 is 0. The van der Waals surface area contributed by atoms with Crippen LogP contribution >= 0.6 is 11.3 Å². The number of carbonyl (C=O) groups is 1. The fourth-order valence-corrected chi connectivity index (χ4v) is 1.94. The van der Waals surface area contributed by atoms with E-state index in [0.29, 0.717) is 5.69 Å². The molecule has 0 saturated carbocycles. The van der Waals surface area contributed by atoms with Gasteiger partial charge in [0.25, 0.3) is 0 Å². The highest BCUT2D eigenvalue weighted by molar-refractivity contribution is 7.07. The number of nitrogens with zero attached hydrogens (tertiary/aromatic N) is 1. The molecule has 0 aliphatic carbocycles. The molecule has 0 radical (unpaired) electrons. The molecule has 1 aromatic heterocycles. The van der Waals surface area contributed by atoms with Crippen molar-refractivity contribution in [3.05, 3.63) is 52.0 Å². The van der Waals surface area contributed by atoms with Crippen LogP contribution in [0, 0.1) is 0 Å². The van der Waals surface area contributed by atoms with Crippen molar-refractivity contribution in [3.63, 3.8) is 0 Å². The van der Waals surface area contributed by atoms with Crippen molar-refractivity contribution < 1.29 is 4.79 Å². The molecule has 0 N–H and O–H groups in total. The van der Waals surface area contributed by atoms with Gasteiger partial charge in [-0.3, -0.25) is 4.79 Å². The third-order valence-electron chi connectivity index (χ3n) is 2.26. The number of aryl methyl sites for hydroxylation is 1. The lowest BCUT2D eigenvalue weighted by atomic mass is 10.0. The molecule has 0 amide bonds. The Morgan fingerprint density at radius 3 is 3.00 bits per heavy atom. The second-order valence-electron chi connectivity index (χ2n) is 3.26. The third kappa shape index (κ3) is 2.13. The van der Waals surface area contributed by atoms with Crippen molar-refractivity contribution in [3.8, 4) is 0 Å². The minimum atomic E-state index is 0.00606. The highest BCUT2D eigenvalue weighted by atomic mass is 32.1. The van der Waals surface area contributed by atoms with Crippen LogP contribution in [0.5, 0.6) is 0 Å². The zero-order valence-electron chi connectivity index (χ0n) is 8.43. The fraction of sp³-hybridized carbons (Fsp3) is 0.167. The number of aromatic nitrogens is 1. The van der Waals surface area contributed by atoms with Gasteiger partial charge in [0.1, 0.15) is 5.69 Å². The van der Waals surface area contributed by atoms with Crippen LogP contribution in [0.15, 0.2) is 35.2 Å². The minimum Gasteiger partial charge on any atom is -0.287 e. The molecule has 76 valence electrons. The molecule has 0 saturated heterocycles. The van der Waals surface area contributed by atoms with Crippen LogP contribution in [0.1, 0.15) is 28.5 Å². The molecule has 0 fully saturated rings. The minimum absolute atomic E-state index is 0.00606. The number of rotatable bonds is 3. The van der Waals surface area contributed by atoms with E-state index in [-0.39, 0.29) is 5.78 Å². The molecule has 3 heteroatoms. The summed E-state index contributed by atoms with van der Waals surface area (Å²) in [6.45, 7) is 2.08.